The summed E-state index contributed by atoms with van der Waals surface area (Å²) in [6, 6.07) is 14.5. The number of ketones is 1. The number of H-pyrrole nitrogens is 1. The molecule has 2 aromatic carbocycles. The fourth-order valence-corrected chi connectivity index (χ4v) is 3.45. The number of aromatic nitrogens is 2. The summed E-state index contributed by atoms with van der Waals surface area (Å²) in [6.07, 6.45) is 5.11. The first-order valence-electron chi connectivity index (χ1n) is 9.13. The second kappa shape index (κ2) is 7.20. The number of carbonyl (C=O) groups excluding carboxylic acids is 2. The van der Waals surface area contributed by atoms with Crippen LogP contribution in [0.1, 0.15) is 37.4 Å². The van der Waals surface area contributed by atoms with Gasteiger partial charge in [0, 0.05) is 28.9 Å². The highest BCUT2D eigenvalue weighted by molar-refractivity contribution is 6.19. The van der Waals surface area contributed by atoms with Crippen molar-refractivity contribution in [2.24, 2.45) is 5.73 Å². The summed E-state index contributed by atoms with van der Waals surface area (Å²) in [7, 11) is 0. The van der Waals surface area contributed by atoms with Gasteiger partial charge in [0.1, 0.15) is 5.65 Å². The standard InChI is InChI=1S/C24H19N3O2/c1-3-15-5-4-14(2)19(12-15)22(28)20-13-27-24-21(20)18(10-11-26-24)16-6-8-17(9-7-16)23(25)29/h3-13H,1H2,2H3,(H2,25,29)(H,26,27). The fourth-order valence-electron chi connectivity index (χ4n) is 3.45. The molecule has 29 heavy (non-hydrogen) atoms. The van der Waals surface area contributed by atoms with E-state index in [0.717, 1.165) is 27.6 Å². The third kappa shape index (κ3) is 3.23. The van der Waals surface area contributed by atoms with Gasteiger partial charge in [-0.25, -0.2) is 4.98 Å². The van der Waals surface area contributed by atoms with Gasteiger partial charge >= 0.3 is 0 Å². The van der Waals surface area contributed by atoms with E-state index in [1.165, 1.54) is 0 Å². The monoisotopic (exact) mass is 381 g/mol. The molecule has 142 valence electrons. The largest absolute Gasteiger partial charge is 0.366 e. The molecule has 0 aliphatic rings. The highest BCUT2D eigenvalue weighted by Gasteiger charge is 2.20. The second-order valence-corrected chi connectivity index (χ2v) is 6.83. The summed E-state index contributed by atoms with van der Waals surface area (Å²) in [6.45, 7) is 5.70. The lowest BCUT2D eigenvalue weighted by atomic mass is 9.94. The van der Waals surface area contributed by atoms with Gasteiger partial charge in [0.05, 0.1) is 5.56 Å². The molecule has 0 fully saturated rings. The molecule has 0 bridgehead atoms. The Morgan fingerprint density at radius 1 is 1.07 bits per heavy atom. The van der Waals surface area contributed by atoms with Crippen LogP contribution in [0.2, 0.25) is 0 Å². The van der Waals surface area contributed by atoms with Gasteiger partial charge in [-0.15, -0.1) is 0 Å². The van der Waals surface area contributed by atoms with Crippen molar-refractivity contribution in [2.45, 2.75) is 6.92 Å². The van der Waals surface area contributed by atoms with Gasteiger partial charge < -0.3 is 10.7 Å². The van der Waals surface area contributed by atoms with Crippen LogP contribution in [0.25, 0.3) is 28.2 Å². The van der Waals surface area contributed by atoms with Crippen LogP contribution in [0.4, 0.5) is 0 Å². The molecule has 0 aliphatic carbocycles. The number of rotatable bonds is 5. The summed E-state index contributed by atoms with van der Waals surface area (Å²) in [5.74, 6) is -0.563. The highest BCUT2D eigenvalue weighted by atomic mass is 16.1. The first-order chi connectivity index (χ1) is 14.0. The van der Waals surface area contributed by atoms with Crippen molar-refractivity contribution >= 4 is 28.8 Å². The number of aromatic amines is 1. The predicted octanol–water partition coefficient (Wildman–Crippen LogP) is 4.51. The minimum Gasteiger partial charge on any atom is -0.366 e. The lowest BCUT2D eigenvalue weighted by Crippen LogP contribution is -2.10. The quantitative estimate of drug-likeness (QED) is 0.499. The van der Waals surface area contributed by atoms with Crippen molar-refractivity contribution in [1.29, 1.82) is 0 Å². The van der Waals surface area contributed by atoms with E-state index in [-0.39, 0.29) is 5.78 Å². The number of benzene rings is 2. The first-order valence-corrected chi connectivity index (χ1v) is 9.13. The van der Waals surface area contributed by atoms with E-state index in [4.69, 9.17) is 5.73 Å². The molecule has 2 heterocycles. The maximum absolute atomic E-state index is 13.4. The summed E-state index contributed by atoms with van der Waals surface area (Å²) < 4.78 is 0. The summed E-state index contributed by atoms with van der Waals surface area (Å²) >= 11 is 0. The Balaban J connectivity index is 1.88. The SMILES string of the molecule is C=Cc1ccc(C)c(C(=O)c2c[nH]c3nccc(-c4ccc(C(N)=O)cc4)c23)c1. The number of carbonyl (C=O) groups is 2. The Bertz CT molecular complexity index is 1270. The number of aryl methyl sites for hydroxylation is 1. The maximum atomic E-state index is 13.4. The fraction of sp³-hybridized carbons (Fsp3) is 0.0417. The number of amides is 1. The molecule has 0 aliphatic heterocycles. The molecule has 3 N–H and O–H groups in total. The molecular weight excluding hydrogens is 362 g/mol. The molecule has 4 rings (SSSR count). The zero-order valence-electron chi connectivity index (χ0n) is 15.9. The van der Waals surface area contributed by atoms with Crippen molar-refractivity contribution in [3.8, 4) is 11.1 Å². The molecule has 5 nitrogen and oxygen atoms in total. The van der Waals surface area contributed by atoms with Crippen molar-refractivity contribution in [2.75, 3.05) is 0 Å². The van der Waals surface area contributed by atoms with E-state index >= 15 is 0 Å². The third-order valence-electron chi connectivity index (χ3n) is 5.04. The van der Waals surface area contributed by atoms with Gasteiger partial charge in [0.25, 0.3) is 0 Å². The van der Waals surface area contributed by atoms with E-state index in [9.17, 15) is 9.59 Å². The summed E-state index contributed by atoms with van der Waals surface area (Å²) in [5, 5.41) is 0.743. The zero-order chi connectivity index (χ0) is 20.5. The predicted molar refractivity (Wildman–Crippen MR) is 115 cm³/mol. The summed E-state index contributed by atoms with van der Waals surface area (Å²) in [4.78, 5) is 32.2. The van der Waals surface area contributed by atoms with Crippen molar-refractivity contribution in [3.63, 3.8) is 0 Å². The van der Waals surface area contributed by atoms with Crippen LogP contribution in [0.15, 0.2) is 67.5 Å². The van der Waals surface area contributed by atoms with E-state index < -0.39 is 5.91 Å². The number of hydrogen-bond donors (Lipinski definition) is 2. The lowest BCUT2D eigenvalue weighted by Gasteiger charge is -2.09. The molecule has 0 spiro atoms. The Morgan fingerprint density at radius 2 is 1.83 bits per heavy atom. The topological polar surface area (TPSA) is 88.8 Å². The van der Waals surface area contributed by atoms with Crippen molar-refractivity contribution in [3.05, 3.63) is 95.3 Å². The number of nitrogens with one attached hydrogen (secondary N) is 1. The Hall–Kier alpha value is -3.99. The highest BCUT2D eigenvalue weighted by Crippen LogP contribution is 2.32. The minimum atomic E-state index is -0.480. The Morgan fingerprint density at radius 3 is 2.52 bits per heavy atom. The van der Waals surface area contributed by atoms with Crippen LogP contribution in [-0.2, 0) is 0 Å². The van der Waals surface area contributed by atoms with E-state index in [2.05, 4.69) is 16.5 Å². The van der Waals surface area contributed by atoms with Crippen LogP contribution in [0, 0.1) is 6.92 Å². The molecule has 0 atom stereocenters. The molecular formula is C24H19N3O2. The van der Waals surface area contributed by atoms with Gasteiger partial charge in [-0.1, -0.05) is 36.9 Å². The number of fused-ring (bicyclic) bond motifs is 1. The zero-order valence-corrected chi connectivity index (χ0v) is 15.9. The molecule has 2 aromatic heterocycles. The van der Waals surface area contributed by atoms with Gasteiger partial charge in [-0.2, -0.15) is 0 Å². The number of nitrogens with zero attached hydrogens (tertiary/aromatic N) is 1. The van der Waals surface area contributed by atoms with Gasteiger partial charge in [0.2, 0.25) is 5.91 Å². The Labute approximate surface area is 167 Å². The normalized spacial score (nSPS) is 10.8. The summed E-state index contributed by atoms with van der Waals surface area (Å²) in [5.41, 5.74) is 11.1. The first kappa shape index (κ1) is 18.4. The van der Waals surface area contributed by atoms with E-state index in [1.54, 1.807) is 30.6 Å². The van der Waals surface area contributed by atoms with Gasteiger partial charge in [-0.05, 0) is 53.4 Å². The number of nitrogens with two attached hydrogens (primary N) is 1. The molecule has 0 saturated carbocycles. The number of primary amides is 1. The molecule has 0 unspecified atom stereocenters. The second-order valence-electron chi connectivity index (χ2n) is 6.83. The lowest BCUT2D eigenvalue weighted by molar-refractivity contribution is 0.0998. The van der Waals surface area contributed by atoms with Crippen molar-refractivity contribution < 1.29 is 9.59 Å². The molecule has 0 radical (unpaired) electrons. The van der Waals surface area contributed by atoms with Crippen LogP contribution >= 0.6 is 0 Å². The van der Waals surface area contributed by atoms with Gasteiger partial charge in [0.15, 0.2) is 5.78 Å². The van der Waals surface area contributed by atoms with Crippen molar-refractivity contribution in [1.82, 2.24) is 9.97 Å². The smallest absolute Gasteiger partial charge is 0.248 e. The average Bonchev–Trinajstić information content (AvgIpc) is 3.18. The minimum absolute atomic E-state index is 0.0829. The molecule has 1 amide bonds. The van der Waals surface area contributed by atoms with E-state index in [0.29, 0.717) is 22.3 Å². The van der Waals surface area contributed by atoms with Crippen LogP contribution in [-0.4, -0.2) is 21.7 Å². The average molecular weight is 381 g/mol. The maximum Gasteiger partial charge on any atom is 0.248 e. The third-order valence-corrected chi connectivity index (χ3v) is 5.04. The van der Waals surface area contributed by atoms with Gasteiger partial charge in [-0.3, -0.25) is 9.59 Å². The van der Waals surface area contributed by atoms with E-state index in [1.807, 2.05) is 43.3 Å². The Kier molecular flexibility index (Phi) is 4.56. The molecule has 0 saturated heterocycles. The molecule has 4 aromatic rings. The van der Waals surface area contributed by atoms with Crippen LogP contribution < -0.4 is 5.73 Å². The number of hydrogen-bond acceptors (Lipinski definition) is 3. The van der Waals surface area contributed by atoms with Crippen LogP contribution in [0.5, 0.6) is 0 Å². The molecule has 5 heteroatoms. The number of pyridine rings is 1. The van der Waals surface area contributed by atoms with Crippen LogP contribution in [0.3, 0.4) is 0 Å².